The van der Waals surface area contributed by atoms with Crippen LogP contribution in [0.25, 0.3) is 0 Å². The quantitative estimate of drug-likeness (QED) is 0.910. The molecule has 0 spiro atoms. The fraction of sp³-hybridized carbons (Fsp3) is 0.667. The minimum atomic E-state index is -0.621. The van der Waals surface area contributed by atoms with Crippen molar-refractivity contribution in [2.45, 2.75) is 38.7 Å². The molecule has 1 fully saturated rings. The van der Waals surface area contributed by atoms with E-state index in [4.69, 9.17) is 0 Å². The molecule has 2 rings (SSSR count). The molecule has 106 valence electrons. The van der Waals surface area contributed by atoms with E-state index in [1.54, 1.807) is 6.07 Å². The molecule has 0 amide bonds. The van der Waals surface area contributed by atoms with E-state index in [1.165, 1.54) is 31.7 Å². The molecule has 0 bridgehead atoms. The monoisotopic (exact) mass is 266 g/mol. The summed E-state index contributed by atoms with van der Waals surface area (Å²) in [6, 6.07) is 2.92. The lowest BCUT2D eigenvalue weighted by Crippen LogP contribution is -2.32. The van der Waals surface area contributed by atoms with Crippen LogP contribution in [0.1, 0.15) is 44.4 Å². The normalized spacial score (nSPS) is 20.8. The maximum Gasteiger partial charge on any atom is 0.141 e. The maximum absolute atomic E-state index is 12.8. The second-order valence-corrected chi connectivity index (χ2v) is 5.54. The fourth-order valence-corrected chi connectivity index (χ4v) is 2.68. The molecule has 19 heavy (non-hydrogen) atoms. The van der Waals surface area contributed by atoms with E-state index in [0.29, 0.717) is 5.69 Å². The Morgan fingerprint density at radius 2 is 1.95 bits per heavy atom. The molecule has 0 saturated carbocycles. The van der Waals surface area contributed by atoms with Crippen LogP contribution in [0.3, 0.4) is 0 Å². The Morgan fingerprint density at radius 1 is 1.26 bits per heavy atom. The Bertz CT molecular complexity index is 374. The second kappa shape index (κ2) is 6.96. The SMILES string of the molecule is CC(CN1CCCCCC1)C(O)c1ccc(F)cn1. The van der Waals surface area contributed by atoms with Gasteiger partial charge < -0.3 is 10.0 Å². The highest BCUT2D eigenvalue weighted by molar-refractivity contribution is 5.08. The van der Waals surface area contributed by atoms with Gasteiger partial charge in [-0.05, 0) is 38.1 Å². The Kier molecular flexibility index (Phi) is 5.28. The van der Waals surface area contributed by atoms with Gasteiger partial charge in [-0.25, -0.2) is 4.39 Å². The third kappa shape index (κ3) is 4.25. The van der Waals surface area contributed by atoms with E-state index >= 15 is 0 Å². The summed E-state index contributed by atoms with van der Waals surface area (Å²) in [5.41, 5.74) is 0.559. The first-order valence-electron chi connectivity index (χ1n) is 7.18. The molecule has 2 unspecified atom stereocenters. The van der Waals surface area contributed by atoms with Crippen molar-refractivity contribution >= 4 is 0 Å². The minimum absolute atomic E-state index is 0.107. The van der Waals surface area contributed by atoms with Crippen molar-refractivity contribution in [1.29, 1.82) is 0 Å². The number of pyridine rings is 1. The Balaban J connectivity index is 1.90. The molecule has 3 nitrogen and oxygen atoms in total. The number of aliphatic hydroxyl groups excluding tert-OH is 1. The van der Waals surface area contributed by atoms with Gasteiger partial charge in [-0.1, -0.05) is 19.8 Å². The molecule has 1 aromatic rings. The predicted molar refractivity (Wildman–Crippen MR) is 73.2 cm³/mol. The maximum atomic E-state index is 12.8. The van der Waals surface area contributed by atoms with Gasteiger partial charge in [0.25, 0.3) is 0 Å². The van der Waals surface area contributed by atoms with Crippen LogP contribution in [-0.2, 0) is 0 Å². The number of aliphatic hydroxyl groups is 1. The van der Waals surface area contributed by atoms with E-state index in [-0.39, 0.29) is 11.7 Å². The summed E-state index contributed by atoms with van der Waals surface area (Å²) in [5, 5.41) is 10.3. The number of likely N-dealkylation sites (tertiary alicyclic amines) is 1. The third-order valence-electron chi connectivity index (χ3n) is 3.84. The van der Waals surface area contributed by atoms with Crippen molar-refractivity contribution in [2.24, 2.45) is 5.92 Å². The molecule has 0 aliphatic carbocycles. The lowest BCUT2D eigenvalue weighted by molar-refractivity contribution is 0.0856. The molecule has 1 aliphatic heterocycles. The fourth-order valence-electron chi connectivity index (χ4n) is 2.68. The van der Waals surface area contributed by atoms with E-state index in [2.05, 4.69) is 9.88 Å². The summed E-state index contributed by atoms with van der Waals surface area (Å²) >= 11 is 0. The molecule has 1 saturated heterocycles. The van der Waals surface area contributed by atoms with E-state index in [0.717, 1.165) is 25.8 Å². The first kappa shape index (κ1) is 14.4. The van der Waals surface area contributed by atoms with Gasteiger partial charge in [-0.15, -0.1) is 0 Å². The zero-order valence-corrected chi connectivity index (χ0v) is 11.6. The van der Waals surface area contributed by atoms with Gasteiger partial charge in [0.1, 0.15) is 5.82 Å². The lowest BCUT2D eigenvalue weighted by atomic mass is 10.0. The highest BCUT2D eigenvalue weighted by atomic mass is 19.1. The average molecular weight is 266 g/mol. The van der Waals surface area contributed by atoms with Crippen LogP contribution in [0, 0.1) is 11.7 Å². The van der Waals surface area contributed by atoms with Crippen molar-refractivity contribution < 1.29 is 9.50 Å². The molecular formula is C15H23FN2O. The van der Waals surface area contributed by atoms with Gasteiger partial charge in [-0.2, -0.15) is 0 Å². The van der Waals surface area contributed by atoms with Crippen molar-refractivity contribution in [3.05, 3.63) is 29.8 Å². The van der Waals surface area contributed by atoms with Crippen LogP contribution in [0.4, 0.5) is 4.39 Å². The van der Waals surface area contributed by atoms with Gasteiger partial charge in [-0.3, -0.25) is 4.98 Å². The topological polar surface area (TPSA) is 36.4 Å². The standard InChI is InChI=1S/C15H23FN2O/c1-12(11-18-8-4-2-3-5-9-18)15(19)14-7-6-13(16)10-17-14/h6-7,10,12,15,19H,2-5,8-9,11H2,1H3. The number of nitrogens with zero attached hydrogens (tertiary/aromatic N) is 2. The first-order chi connectivity index (χ1) is 9.16. The van der Waals surface area contributed by atoms with Crippen molar-refractivity contribution in [1.82, 2.24) is 9.88 Å². The smallest absolute Gasteiger partial charge is 0.141 e. The number of aromatic nitrogens is 1. The van der Waals surface area contributed by atoms with Crippen LogP contribution in [0.2, 0.25) is 0 Å². The Morgan fingerprint density at radius 3 is 2.53 bits per heavy atom. The summed E-state index contributed by atoms with van der Waals surface area (Å²) in [6.45, 7) is 5.14. The van der Waals surface area contributed by atoms with Crippen molar-refractivity contribution in [3.8, 4) is 0 Å². The van der Waals surface area contributed by atoms with Gasteiger partial charge in [0.2, 0.25) is 0 Å². The molecule has 1 aromatic heterocycles. The van der Waals surface area contributed by atoms with Gasteiger partial charge in [0, 0.05) is 12.5 Å². The largest absolute Gasteiger partial charge is 0.386 e. The lowest BCUT2D eigenvalue weighted by Gasteiger charge is -2.26. The van der Waals surface area contributed by atoms with E-state index < -0.39 is 6.10 Å². The second-order valence-electron chi connectivity index (χ2n) is 5.54. The van der Waals surface area contributed by atoms with Crippen LogP contribution in [0.5, 0.6) is 0 Å². The highest BCUT2D eigenvalue weighted by Gasteiger charge is 2.21. The van der Waals surface area contributed by atoms with Crippen molar-refractivity contribution in [2.75, 3.05) is 19.6 Å². The minimum Gasteiger partial charge on any atom is -0.386 e. The zero-order chi connectivity index (χ0) is 13.7. The summed E-state index contributed by atoms with van der Waals surface area (Å²) in [6.07, 6.45) is 5.66. The molecule has 0 aromatic carbocycles. The first-order valence-corrected chi connectivity index (χ1v) is 7.18. The van der Waals surface area contributed by atoms with E-state index in [1.807, 2.05) is 6.92 Å². The average Bonchev–Trinajstić information content (AvgIpc) is 2.67. The van der Waals surface area contributed by atoms with Crippen LogP contribution in [-0.4, -0.2) is 34.6 Å². The van der Waals surface area contributed by atoms with Gasteiger partial charge in [0.05, 0.1) is 18.0 Å². The summed E-state index contributed by atoms with van der Waals surface area (Å²) in [7, 11) is 0. The molecular weight excluding hydrogens is 243 g/mol. The predicted octanol–water partition coefficient (Wildman–Crippen LogP) is 2.77. The molecule has 2 heterocycles. The number of hydrogen-bond acceptors (Lipinski definition) is 3. The number of rotatable bonds is 4. The van der Waals surface area contributed by atoms with Crippen LogP contribution in [0.15, 0.2) is 18.3 Å². The molecule has 2 atom stereocenters. The van der Waals surface area contributed by atoms with Crippen molar-refractivity contribution in [3.63, 3.8) is 0 Å². The summed E-state index contributed by atoms with van der Waals surface area (Å²) in [5.74, 6) is -0.257. The number of hydrogen-bond donors (Lipinski definition) is 1. The summed E-state index contributed by atoms with van der Waals surface area (Å²) in [4.78, 5) is 6.39. The summed E-state index contributed by atoms with van der Waals surface area (Å²) < 4.78 is 12.8. The zero-order valence-electron chi connectivity index (χ0n) is 11.6. The van der Waals surface area contributed by atoms with Crippen LogP contribution >= 0.6 is 0 Å². The molecule has 1 N–H and O–H groups in total. The Labute approximate surface area is 114 Å². The van der Waals surface area contributed by atoms with Gasteiger partial charge in [0.15, 0.2) is 0 Å². The molecule has 0 radical (unpaired) electrons. The molecule has 1 aliphatic rings. The highest BCUT2D eigenvalue weighted by Crippen LogP contribution is 2.22. The third-order valence-corrected chi connectivity index (χ3v) is 3.84. The van der Waals surface area contributed by atoms with Gasteiger partial charge >= 0.3 is 0 Å². The number of halogens is 1. The van der Waals surface area contributed by atoms with Crippen LogP contribution < -0.4 is 0 Å². The molecule has 4 heteroatoms. The Hall–Kier alpha value is -1.00. The van der Waals surface area contributed by atoms with E-state index in [9.17, 15) is 9.50 Å².